The number of carbonyl (C=O) groups is 2. The molecule has 0 spiro atoms. The molecule has 0 saturated carbocycles. The van der Waals surface area contributed by atoms with Crippen molar-refractivity contribution in [3.8, 4) is 0 Å². The van der Waals surface area contributed by atoms with E-state index in [0.717, 1.165) is 4.47 Å². The van der Waals surface area contributed by atoms with Gasteiger partial charge in [0.25, 0.3) is 0 Å². The Morgan fingerprint density at radius 2 is 1.75 bits per heavy atom. The fraction of sp³-hybridized carbons (Fsp3) is 0.467. The smallest absolute Gasteiger partial charge is 0.305 e. The lowest BCUT2D eigenvalue weighted by Gasteiger charge is -2.08. The average Bonchev–Trinajstić information content (AvgIpc) is 2.54. The monoisotopic (exact) mass is 420 g/mol. The van der Waals surface area contributed by atoms with Crippen molar-refractivity contribution in [3.63, 3.8) is 0 Å². The van der Waals surface area contributed by atoms with Crippen LogP contribution in [0.25, 0.3) is 0 Å². The molecular formula is C15H21BrN2O5S. The summed E-state index contributed by atoms with van der Waals surface area (Å²) >= 11 is 3.24. The zero-order chi connectivity index (χ0) is 18.0. The van der Waals surface area contributed by atoms with Gasteiger partial charge in [-0.1, -0.05) is 15.9 Å². The van der Waals surface area contributed by atoms with Gasteiger partial charge in [0.1, 0.15) is 0 Å². The minimum atomic E-state index is -3.62. The van der Waals surface area contributed by atoms with Gasteiger partial charge >= 0.3 is 5.97 Å². The fourth-order valence-electron chi connectivity index (χ4n) is 1.81. The lowest BCUT2D eigenvalue weighted by atomic mass is 10.2. The normalized spacial score (nSPS) is 11.1. The second-order valence-electron chi connectivity index (χ2n) is 4.98. The molecule has 0 radical (unpaired) electrons. The fourth-order valence-corrected chi connectivity index (χ4v) is 3.10. The van der Waals surface area contributed by atoms with Gasteiger partial charge in [-0.2, -0.15) is 0 Å². The molecule has 1 rings (SSSR count). The molecule has 0 aliphatic heterocycles. The molecule has 0 saturated heterocycles. The van der Waals surface area contributed by atoms with E-state index in [0.29, 0.717) is 25.8 Å². The van der Waals surface area contributed by atoms with E-state index in [4.69, 9.17) is 0 Å². The van der Waals surface area contributed by atoms with Crippen LogP contribution >= 0.6 is 15.9 Å². The van der Waals surface area contributed by atoms with Crippen molar-refractivity contribution in [2.45, 2.75) is 30.6 Å². The average molecular weight is 421 g/mol. The Hall–Kier alpha value is -1.45. The van der Waals surface area contributed by atoms with Crippen molar-refractivity contribution in [3.05, 3.63) is 28.7 Å². The third-order valence-corrected chi connectivity index (χ3v) is 5.13. The number of unbranched alkanes of at least 4 members (excludes halogenated alkanes) is 1. The van der Waals surface area contributed by atoms with Crippen molar-refractivity contribution in [2.24, 2.45) is 0 Å². The first-order chi connectivity index (χ1) is 11.3. The number of hydrogen-bond donors (Lipinski definition) is 2. The summed E-state index contributed by atoms with van der Waals surface area (Å²) in [6, 6.07) is 6.23. The second-order valence-corrected chi connectivity index (χ2v) is 7.67. The maximum Gasteiger partial charge on any atom is 0.305 e. The Bertz CT molecular complexity index is 646. The van der Waals surface area contributed by atoms with E-state index >= 15 is 0 Å². The third kappa shape index (κ3) is 7.89. The lowest BCUT2D eigenvalue weighted by molar-refractivity contribution is -0.140. The minimum Gasteiger partial charge on any atom is -0.469 e. The van der Waals surface area contributed by atoms with Crippen LogP contribution in [0.5, 0.6) is 0 Å². The van der Waals surface area contributed by atoms with E-state index in [9.17, 15) is 18.0 Å². The first-order valence-corrected chi connectivity index (χ1v) is 9.71. The number of esters is 1. The number of carbonyl (C=O) groups excluding carboxylic acids is 2. The molecular weight excluding hydrogens is 400 g/mol. The number of ether oxygens (including phenoxy) is 1. The van der Waals surface area contributed by atoms with Crippen LogP contribution < -0.4 is 10.0 Å². The van der Waals surface area contributed by atoms with Crippen LogP contribution in [0.4, 0.5) is 0 Å². The predicted molar refractivity (Wildman–Crippen MR) is 92.8 cm³/mol. The number of methoxy groups -OCH3 is 1. The Balaban J connectivity index is 2.23. The number of amides is 1. The lowest BCUT2D eigenvalue weighted by Crippen LogP contribution is -2.31. The number of sulfonamides is 1. The molecule has 2 N–H and O–H groups in total. The highest BCUT2D eigenvalue weighted by molar-refractivity contribution is 9.10. The number of nitrogens with one attached hydrogen (secondary N) is 2. The van der Waals surface area contributed by atoms with Crippen LogP contribution in [0.15, 0.2) is 33.6 Å². The van der Waals surface area contributed by atoms with Crippen molar-refractivity contribution in [2.75, 3.05) is 20.2 Å². The Kier molecular flexibility index (Phi) is 8.94. The van der Waals surface area contributed by atoms with Gasteiger partial charge in [-0.05, 0) is 37.1 Å². The van der Waals surface area contributed by atoms with Crippen LogP contribution in [-0.2, 0) is 24.3 Å². The molecule has 0 aromatic heterocycles. The van der Waals surface area contributed by atoms with Crippen molar-refractivity contribution < 1.29 is 22.7 Å². The van der Waals surface area contributed by atoms with Gasteiger partial charge in [0.2, 0.25) is 15.9 Å². The topological polar surface area (TPSA) is 102 Å². The molecule has 7 nitrogen and oxygen atoms in total. The molecule has 9 heteroatoms. The van der Waals surface area contributed by atoms with Gasteiger partial charge in [-0.3, -0.25) is 9.59 Å². The van der Waals surface area contributed by atoms with Crippen LogP contribution in [0.1, 0.15) is 25.7 Å². The summed E-state index contributed by atoms with van der Waals surface area (Å²) in [7, 11) is -2.28. The molecule has 1 amide bonds. The SMILES string of the molecule is COC(=O)CCCCNC(=O)CCNS(=O)(=O)c1ccc(Br)cc1. The largest absolute Gasteiger partial charge is 0.469 e. The summed E-state index contributed by atoms with van der Waals surface area (Å²) in [5.74, 6) is -0.518. The highest BCUT2D eigenvalue weighted by Crippen LogP contribution is 2.14. The molecule has 0 fully saturated rings. The first-order valence-electron chi connectivity index (χ1n) is 7.44. The maximum atomic E-state index is 12.0. The molecule has 24 heavy (non-hydrogen) atoms. The Morgan fingerprint density at radius 3 is 2.38 bits per heavy atom. The van der Waals surface area contributed by atoms with Crippen molar-refractivity contribution >= 4 is 37.8 Å². The maximum absolute atomic E-state index is 12.0. The number of halogens is 1. The van der Waals surface area contributed by atoms with E-state index in [1.165, 1.54) is 19.2 Å². The second kappa shape index (κ2) is 10.4. The van der Waals surface area contributed by atoms with Crippen LogP contribution in [-0.4, -0.2) is 40.5 Å². The molecule has 0 atom stereocenters. The molecule has 1 aromatic carbocycles. The molecule has 0 bridgehead atoms. The zero-order valence-electron chi connectivity index (χ0n) is 13.4. The predicted octanol–water partition coefficient (Wildman–Crippen LogP) is 1.58. The summed E-state index contributed by atoms with van der Waals surface area (Å²) in [6.07, 6.45) is 1.65. The highest BCUT2D eigenvalue weighted by atomic mass is 79.9. The number of rotatable bonds is 10. The summed E-state index contributed by atoms with van der Waals surface area (Å²) in [4.78, 5) is 22.7. The zero-order valence-corrected chi connectivity index (χ0v) is 15.8. The molecule has 0 aliphatic carbocycles. The van der Waals surface area contributed by atoms with Crippen molar-refractivity contribution in [1.82, 2.24) is 10.0 Å². The van der Waals surface area contributed by atoms with E-state index < -0.39 is 10.0 Å². The Labute approximate surface area is 150 Å². The summed E-state index contributed by atoms with van der Waals surface area (Å²) < 4.78 is 31.7. The minimum absolute atomic E-state index is 0.0202. The van der Waals surface area contributed by atoms with Gasteiger partial charge in [-0.25, -0.2) is 13.1 Å². The summed E-state index contributed by atoms with van der Waals surface area (Å²) in [5, 5.41) is 2.68. The van der Waals surface area contributed by atoms with E-state index in [1.54, 1.807) is 12.1 Å². The van der Waals surface area contributed by atoms with E-state index in [-0.39, 0.29) is 29.7 Å². The van der Waals surface area contributed by atoms with Crippen molar-refractivity contribution in [1.29, 1.82) is 0 Å². The standard InChI is InChI=1S/C15H21BrN2O5S/c1-23-15(20)4-2-3-10-17-14(19)9-11-18-24(21,22)13-7-5-12(16)6-8-13/h5-8,18H,2-4,9-11H2,1H3,(H,17,19). The molecule has 0 heterocycles. The Morgan fingerprint density at radius 1 is 1.08 bits per heavy atom. The molecule has 0 unspecified atom stereocenters. The van der Waals surface area contributed by atoms with Crippen LogP contribution in [0.2, 0.25) is 0 Å². The van der Waals surface area contributed by atoms with Gasteiger partial charge in [0.15, 0.2) is 0 Å². The quantitative estimate of drug-likeness (QED) is 0.441. The van der Waals surface area contributed by atoms with Gasteiger partial charge in [-0.15, -0.1) is 0 Å². The van der Waals surface area contributed by atoms with Crippen LogP contribution in [0, 0.1) is 0 Å². The van der Waals surface area contributed by atoms with Gasteiger partial charge in [0.05, 0.1) is 12.0 Å². The first kappa shape index (κ1) is 20.6. The van der Waals surface area contributed by atoms with Crippen LogP contribution in [0.3, 0.4) is 0 Å². The molecule has 134 valence electrons. The number of benzene rings is 1. The van der Waals surface area contributed by atoms with E-state index in [2.05, 4.69) is 30.7 Å². The van der Waals surface area contributed by atoms with Gasteiger partial charge < -0.3 is 10.1 Å². The third-order valence-electron chi connectivity index (χ3n) is 3.13. The van der Waals surface area contributed by atoms with E-state index in [1.807, 2.05) is 0 Å². The van der Waals surface area contributed by atoms with Gasteiger partial charge in [0, 0.05) is 30.4 Å². The summed E-state index contributed by atoms with van der Waals surface area (Å²) in [6.45, 7) is 0.460. The number of hydrogen-bond acceptors (Lipinski definition) is 5. The summed E-state index contributed by atoms with van der Waals surface area (Å²) in [5.41, 5.74) is 0. The molecule has 1 aromatic rings. The highest BCUT2D eigenvalue weighted by Gasteiger charge is 2.13. The molecule has 0 aliphatic rings.